The quantitative estimate of drug-likeness (QED) is 0.828. The summed E-state index contributed by atoms with van der Waals surface area (Å²) in [6, 6.07) is 5.75. The predicted octanol–water partition coefficient (Wildman–Crippen LogP) is 1.19. The summed E-state index contributed by atoms with van der Waals surface area (Å²) in [5, 5.41) is 17.8. The number of halogens is 2. The van der Waals surface area contributed by atoms with Gasteiger partial charge in [-0.3, -0.25) is 4.79 Å². The lowest BCUT2D eigenvalue weighted by atomic mass is 10.0. The highest BCUT2D eigenvalue weighted by molar-refractivity contribution is 5.85. The summed E-state index contributed by atoms with van der Waals surface area (Å²) in [4.78, 5) is 12.8. The summed E-state index contributed by atoms with van der Waals surface area (Å²) in [7, 11) is 0. The number of hydrogen-bond acceptors (Lipinski definition) is 5. The third-order valence-corrected chi connectivity index (χ3v) is 4.28. The van der Waals surface area contributed by atoms with E-state index < -0.39 is 6.04 Å². The third kappa shape index (κ3) is 4.96. The van der Waals surface area contributed by atoms with Crippen LogP contribution in [0.15, 0.2) is 24.3 Å². The van der Waals surface area contributed by atoms with Crippen LogP contribution in [0.5, 0.6) is 0 Å². The summed E-state index contributed by atoms with van der Waals surface area (Å²) in [6.45, 7) is 3.56. The molecule has 25 heavy (non-hydrogen) atoms. The lowest BCUT2D eigenvalue weighted by molar-refractivity contribution is -0.125. The zero-order valence-electron chi connectivity index (χ0n) is 14.0. The molecule has 1 aliphatic heterocycles. The zero-order chi connectivity index (χ0) is 16.9. The second kappa shape index (κ2) is 8.87. The number of tetrazole rings is 1. The number of hydrogen-bond donors (Lipinski definition) is 2. The summed E-state index contributed by atoms with van der Waals surface area (Å²) in [5.41, 5.74) is 0.858. The Kier molecular flexibility index (Phi) is 6.83. The number of nitrogens with one attached hydrogen (secondary N) is 2. The van der Waals surface area contributed by atoms with Gasteiger partial charge in [0.15, 0.2) is 0 Å². The number of carbonyl (C=O) groups excluding carboxylic acids is 1. The average molecular weight is 369 g/mol. The number of benzene rings is 1. The lowest BCUT2D eigenvalue weighted by Crippen LogP contribution is -2.46. The monoisotopic (exact) mass is 368 g/mol. The smallest absolute Gasteiger partial charge is 0.245 e. The summed E-state index contributed by atoms with van der Waals surface area (Å²) >= 11 is 0. The fourth-order valence-corrected chi connectivity index (χ4v) is 2.92. The Labute approximate surface area is 151 Å². The number of aryl methyl sites for hydroxylation is 1. The normalized spacial score (nSPS) is 16.1. The van der Waals surface area contributed by atoms with Crippen molar-refractivity contribution in [3.05, 3.63) is 41.5 Å². The minimum Gasteiger partial charge on any atom is -0.351 e. The molecule has 1 fully saturated rings. The van der Waals surface area contributed by atoms with E-state index in [0.29, 0.717) is 12.2 Å². The highest BCUT2D eigenvalue weighted by Gasteiger charge is 2.26. The van der Waals surface area contributed by atoms with Crippen LogP contribution >= 0.6 is 12.4 Å². The van der Waals surface area contributed by atoms with Gasteiger partial charge in [0.05, 0.1) is 0 Å². The van der Waals surface area contributed by atoms with E-state index in [1.165, 1.54) is 16.8 Å². The lowest BCUT2D eigenvalue weighted by Gasteiger charge is -2.26. The Morgan fingerprint density at radius 1 is 1.36 bits per heavy atom. The van der Waals surface area contributed by atoms with Gasteiger partial charge in [0.1, 0.15) is 17.7 Å². The molecule has 7 nitrogen and oxygen atoms in total. The first-order valence-electron chi connectivity index (χ1n) is 8.13. The van der Waals surface area contributed by atoms with Gasteiger partial charge in [-0.05, 0) is 61.0 Å². The number of nitrogens with zero attached hydrogens (tertiary/aromatic N) is 4. The van der Waals surface area contributed by atoms with Crippen molar-refractivity contribution in [2.45, 2.75) is 38.3 Å². The second-order valence-electron chi connectivity index (χ2n) is 6.05. The van der Waals surface area contributed by atoms with Crippen LogP contribution in [0.2, 0.25) is 0 Å². The maximum atomic E-state index is 13.1. The molecule has 2 N–H and O–H groups in total. The van der Waals surface area contributed by atoms with Crippen LogP contribution in [-0.2, 0) is 11.2 Å². The van der Waals surface area contributed by atoms with Crippen LogP contribution in [0.4, 0.5) is 4.39 Å². The predicted molar refractivity (Wildman–Crippen MR) is 93.0 cm³/mol. The number of rotatable bonds is 5. The van der Waals surface area contributed by atoms with Gasteiger partial charge in [-0.25, -0.2) is 9.07 Å². The maximum absolute atomic E-state index is 13.1. The van der Waals surface area contributed by atoms with E-state index in [-0.39, 0.29) is 30.2 Å². The number of carbonyl (C=O) groups is 1. The minimum atomic E-state index is -0.555. The molecular formula is C16H22ClFN6O. The van der Waals surface area contributed by atoms with Gasteiger partial charge < -0.3 is 10.6 Å². The summed E-state index contributed by atoms with van der Waals surface area (Å²) in [6.07, 6.45) is 2.22. The van der Waals surface area contributed by atoms with Crippen molar-refractivity contribution >= 4 is 18.3 Å². The van der Waals surface area contributed by atoms with E-state index in [2.05, 4.69) is 26.2 Å². The minimum absolute atomic E-state index is 0. The molecule has 1 aliphatic rings. The van der Waals surface area contributed by atoms with E-state index in [4.69, 9.17) is 0 Å². The molecule has 0 aliphatic carbocycles. The van der Waals surface area contributed by atoms with Crippen molar-refractivity contribution < 1.29 is 9.18 Å². The fourth-order valence-electron chi connectivity index (χ4n) is 2.92. The molecule has 1 unspecified atom stereocenters. The van der Waals surface area contributed by atoms with Gasteiger partial charge in [-0.15, -0.1) is 17.5 Å². The highest BCUT2D eigenvalue weighted by Crippen LogP contribution is 2.16. The topological polar surface area (TPSA) is 84.7 Å². The first-order valence-corrected chi connectivity index (χ1v) is 8.13. The Hall–Kier alpha value is -2.06. The van der Waals surface area contributed by atoms with Crippen LogP contribution in [0.25, 0.3) is 0 Å². The largest absolute Gasteiger partial charge is 0.351 e. The van der Waals surface area contributed by atoms with E-state index in [9.17, 15) is 9.18 Å². The second-order valence-corrected chi connectivity index (χ2v) is 6.05. The SMILES string of the molecule is Cc1nnnn1C(Cc1ccc(F)cc1)C(=O)NC1CCNCC1.Cl. The zero-order valence-corrected chi connectivity index (χ0v) is 14.8. The van der Waals surface area contributed by atoms with Crippen molar-refractivity contribution in [2.24, 2.45) is 0 Å². The molecule has 0 saturated carbocycles. The molecule has 0 bridgehead atoms. The molecule has 136 valence electrons. The van der Waals surface area contributed by atoms with E-state index in [1.807, 2.05) is 0 Å². The Morgan fingerprint density at radius 3 is 2.64 bits per heavy atom. The van der Waals surface area contributed by atoms with E-state index in [1.54, 1.807) is 19.1 Å². The van der Waals surface area contributed by atoms with Crippen LogP contribution in [0, 0.1) is 12.7 Å². The molecule has 1 amide bonds. The van der Waals surface area contributed by atoms with Gasteiger partial charge >= 0.3 is 0 Å². The molecule has 9 heteroatoms. The van der Waals surface area contributed by atoms with Crippen LogP contribution in [0.3, 0.4) is 0 Å². The van der Waals surface area contributed by atoms with Crippen molar-refractivity contribution in [3.8, 4) is 0 Å². The number of amides is 1. The van der Waals surface area contributed by atoms with Crippen LogP contribution in [0.1, 0.15) is 30.3 Å². The Bertz CT molecular complexity index is 686. The van der Waals surface area contributed by atoms with Crippen molar-refractivity contribution in [3.63, 3.8) is 0 Å². The number of piperidine rings is 1. The maximum Gasteiger partial charge on any atom is 0.245 e. The molecule has 2 heterocycles. The fraction of sp³-hybridized carbons (Fsp3) is 0.500. The van der Waals surface area contributed by atoms with Gasteiger partial charge in [0.2, 0.25) is 5.91 Å². The molecule has 1 aromatic carbocycles. The van der Waals surface area contributed by atoms with Crippen molar-refractivity contribution in [1.82, 2.24) is 30.8 Å². The number of aromatic nitrogens is 4. The van der Waals surface area contributed by atoms with Gasteiger partial charge in [-0.1, -0.05) is 12.1 Å². The standard InChI is InChI=1S/C16H21FN6O.ClH/c1-11-20-21-22-23(11)15(10-12-2-4-13(17)5-3-12)16(24)19-14-6-8-18-9-7-14;/h2-5,14-15,18H,6-10H2,1H3,(H,19,24);1H. The van der Waals surface area contributed by atoms with Gasteiger partial charge in [0, 0.05) is 12.5 Å². The third-order valence-electron chi connectivity index (χ3n) is 4.28. The van der Waals surface area contributed by atoms with Gasteiger partial charge in [0.25, 0.3) is 0 Å². The molecular weight excluding hydrogens is 347 g/mol. The molecule has 2 aromatic rings. The summed E-state index contributed by atoms with van der Waals surface area (Å²) < 4.78 is 14.6. The van der Waals surface area contributed by atoms with Gasteiger partial charge in [-0.2, -0.15) is 0 Å². The molecule has 3 rings (SSSR count). The average Bonchev–Trinajstić information content (AvgIpc) is 3.01. The van der Waals surface area contributed by atoms with E-state index >= 15 is 0 Å². The highest BCUT2D eigenvalue weighted by atomic mass is 35.5. The summed E-state index contributed by atoms with van der Waals surface area (Å²) in [5.74, 6) is 0.164. The Balaban J connectivity index is 0.00000225. The molecule has 0 radical (unpaired) electrons. The molecule has 0 spiro atoms. The van der Waals surface area contributed by atoms with E-state index in [0.717, 1.165) is 31.5 Å². The van der Waals surface area contributed by atoms with Crippen molar-refractivity contribution in [1.29, 1.82) is 0 Å². The Morgan fingerprint density at radius 2 is 2.04 bits per heavy atom. The van der Waals surface area contributed by atoms with Crippen LogP contribution < -0.4 is 10.6 Å². The first-order chi connectivity index (χ1) is 11.6. The molecule has 1 saturated heterocycles. The van der Waals surface area contributed by atoms with Crippen molar-refractivity contribution in [2.75, 3.05) is 13.1 Å². The molecule has 1 atom stereocenters. The van der Waals surface area contributed by atoms with Crippen LogP contribution in [-0.4, -0.2) is 45.2 Å². The first kappa shape index (κ1) is 19.3. The molecule has 1 aromatic heterocycles.